The van der Waals surface area contributed by atoms with E-state index in [2.05, 4.69) is 5.32 Å². The zero-order chi connectivity index (χ0) is 12.9. The molecule has 0 aliphatic heterocycles. The van der Waals surface area contributed by atoms with Gasteiger partial charge in [0.15, 0.2) is 0 Å². The molecule has 0 aromatic heterocycles. The molecule has 4 heteroatoms. The lowest BCUT2D eigenvalue weighted by Gasteiger charge is -2.27. The van der Waals surface area contributed by atoms with E-state index in [1.54, 1.807) is 12.1 Å². The molecule has 1 rings (SSSR count). The predicted octanol–water partition coefficient (Wildman–Crippen LogP) is 1.61. The molecule has 0 aliphatic carbocycles. The smallest absolute Gasteiger partial charge is 0.123 e. The van der Waals surface area contributed by atoms with Gasteiger partial charge in [0.25, 0.3) is 0 Å². The molecule has 0 aliphatic rings. The minimum absolute atomic E-state index is 0.104. The Hall–Kier alpha value is -0.970. The molecule has 0 spiro atoms. The minimum atomic E-state index is -0.673. The molecule has 0 amide bonds. The van der Waals surface area contributed by atoms with Crippen molar-refractivity contribution in [3.05, 3.63) is 35.6 Å². The second kappa shape index (κ2) is 6.10. The van der Waals surface area contributed by atoms with Gasteiger partial charge in [-0.2, -0.15) is 0 Å². The van der Waals surface area contributed by atoms with Gasteiger partial charge in [-0.3, -0.25) is 0 Å². The molecule has 96 valence electrons. The maximum atomic E-state index is 12.7. The molecule has 1 unspecified atom stereocenters. The maximum absolute atomic E-state index is 12.7. The van der Waals surface area contributed by atoms with Crippen molar-refractivity contribution in [2.45, 2.75) is 31.9 Å². The number of β-amino-alcohol motifs (C(OH)–C–C–N with tert-alkyl or cyclic N) is 1. The quantitative estimate of drug-likeness (QED) is 0.709. The van der Waals surface area contributed by atoms with Gasteiger partial charge in [-0.15, -0.1) is 0 Å². The average molecular weight is 241 g/mol. The largest absolute Gasteiger partial charge is 0.396 e. The van der Waals surface area contributed by atoms with Crippen LogP contribution in [-0.2, 0) is 0 Å². The van der Waals surface area contributed by atoms with Crippen LogP contribution in [0.15, 0.2) is 24.3 Å². The van der Waals surface area contributed by atoms with Crippen molar-refractivity contribution in [2.75, 3.05) is 13.2 Å². The summed E-state index contributed by atoms with van der Waals surface area (Å²) in [6.45, 7) is 4.40. The molecular formula is C13H20FNO2. The summed E-state index contributed by atoms with van der Waals surface area (Å²) in [5.74, 6) is -0.311. The van der Waals surface area contributed by atoms with Crippen LogP contribution in [0.1, 0.15) is 31.9 Å². The highest BCUT2D eigenvalue weighted by atomic mass is 19.1. The fourth-order valence-corrected chi connectivity index (χ4v) is 1.54. The summed E-state index contributed by atoms with van der Waals surface area (Å²) in [4.78, 5) is 0. The van der Waals surface area contributed by atoms with E-state index in [-0.39, 0.29) is 18.0 Å². The summed E-state index contributed by atoms with van der Waals surface area (Å²) in [6, 6.07) is 5.80. The van der Waals surface area contributed by atoms with Gasteiger partial charge in [0.2, 0.25) is 0 Å². The third kappa shape index (κ3) is 4.81. The van der Waals surface area contributed by atoms with Gasteiger partial charge in [0.05, 0.1) is 6.10 Å². The standard InChI is InChI=1S/C13H20FNO2/c1-13(2,7-8-16)15-9-12(17)10-3-5-11(14)6-4-10/h3-6,12,15-17H,7-9H2,1-2H3. The van der Waals surface area contributed by atoms with Gasteiger partial charge in [0.1, 0.15) is 5.82 Å². The number of nitrogens with one attached hydrogen (secondary N) is 1. The monoisotopic (exact) mass is 241 g/mol. The third-order valence-electron chi connectivity index (χ3n) is 2.77. The lowest BCUT2D eigenvalue weighted by atomic mass is 10.0. The van der Waals surface area contributed by atoms with Crippen LogP contribution in [0.25, 0.3) is 0 Å². The SMILES string of the molecule is CC(C)(CCO)NCC(O)c1ccc(F)cc1. The summed E-state index contributed by atoms with van der Waals surface area (Å²) in [5.41, 5.74) is 0.453. The lowest BCUT2D eigenvalue weighted by Crippen LogP contribution is -2.42. The van der Waals surface area contributed by atoms with E-state index in [9.17, 15) is 9.50 Å². The molecular weight excluding hydrogens is 221 g/mol. The third-order valence-corrected chi connectivity index (χ3v) is 2.77. The van der Waals surface area contributed by atoms with E-state index < -0.39 is 6.10 Å². The number of aliphatic hydroxyl groups excluding tert-OH is 2. The molecule has 3 N–H and O–H groups in total. The van der Waals surface area contributed by atoms with Crippen LogP contribution in [0.5, 0.6) is 0 Å². The molecule has 0 saturated heterocycles. The number of hydrogen-bond acceptors (Lipinski definition) is 3. The second-order valence-electron chi connectivity index (χ2n) is 4.81. The molecule has 0 radical (unpaired) electrons. The first kappa shape index (κ1) is 14.1. The minimum Gasteiger partial charge on any atom is -0.396 e. The van der Waals surface area contributed by atoms with E-state index in [0.29, 0.717) is 18.5 Å². The van der Waals surface area contributed by atoms with Gasteiger partial charge in [-0.05, 0) is 38.0 Å². The van der Waals surface area contributed by atoms with E-state index in [4.69, 9.17) is 5.11 Å². The Balaban J connectivity index is 2.49. The summed E-state index contributed by atoms with van der Waals surface area (Å²) in [6.07, 6.45) is -0.0584. The fraction of sp³-hybridized carbons (Fsp3) is 0.538. The molecule has 0 fully saturated rings. The fourth-order valence-electron chi connectivity index (χ4n) is 1.54. The first-order valence-electron chi connectivity index (χ1n) is 5.74. The predicted molar refractivity (Wildman–Crippen MR) is 65.1 cm³/mol. The highest BCUT2D eigenvalue weighted by molar-refractivity contribution is 5.18. The molecule has 0 heterocycles. The van der Waals surface area contributed by atoms with Crippen LogP contribution < -0.4 is 5.32 Å². The number of hydrogen-bond donors (Lipinski definition) is 3. The average Bonchev–Trinajstić information content (AvgIpc) is 2.27. The molecule has 1 aromatic rings. The van der Waals surface area contributed by atoms with Gasteiger partial charge < -0.3 is 15.5 Å². The van der Waals surface area contributed by atoms with E-state index in [1.807, 2.05) is 13.8 Å². The van der Waals surface area contributed by atoms with E-state index in [0.717, 1.165) is 0 Å². The Morgan fingerprint density at radius 3 is 2.41 bits per heavy atom. The maximum Gasteiger partial charge on any atom is 0.123 e. The molecule has 0 bridgehead atoms. The summed E-state index contributed by atoms with van der Waals surface area (Å²) in [7, 11) is 0. The van der Waals surface area contributed by atoms with Crippen LogP contribution >= 0.6 is 0 Å². The summed E-state index contributed by atoms with van der Waals surface area (Å²) in [5, 5.41) is 21.9. The van der Waals surface area contributed by atoms with Crippen LogP contribution in [0.2, 0.25) is 0 Å². The van der Waals surface area contributed by atoms with Crippen LogP contribution in [0, 0.1) is 5.82 Å². The second-order valence-corrected chi connectivity index (χ2v) is 4.81. The molecule has 17 heavy (non-hydrogen) atoms. The van der Waals surface area contributed by atoms with Crippen molar-refractivity contribution in [2.24, 2.45) is 0 Å². The van der Waals surface area contributed by atoms with Crippen molar-refractivity contribution in [1.29, 1.82) is 0 Å². The molecule has 1 atom stereocenters. The normalized spacial score (nSPS) is 13.7. The van der Waals surface area contributed by atoms with Gasteiger partial charge in [-0.1, -0.05) is 12.1 Å². The van der Waals surface area contributed by atoms with Crippen molar-refractivity contribution >= 4 is 0 Å². The van der Waals surface area contributed by atoms with Gasteiger partial charge in [-0.25, -0.2) is 4.39 Å². The topological polar surface area (TPSA) is 52.5 Å². The van der Waals surface area contributed by atoms with E-state index >= 15 is 0 Å². The van der Waals surface area contributed by atoms with Crippen LogP contribution in [-0.4, -0.2) is 28.9 Å². The van der Waals surface area contributed by atoms with Crippen LogP contribution in [0.4, 0.5) is 4.39 Å². The number of benzene rings is 1. The Morgan fingerprint density at radius 2 is 1.88 bits per heavy atom. The first-order valence-corrected chi connectivity index (χ1v) is 5.74. The molecule has 1 aromatic carbocycles. The van der Waals surface area contributed by atoms with Crippen LogP contribution in [0.3, 0.4) is 0 Å². The number of halogens is 1. The van der Waals surface area contributed by atoms with Gasteiger partial charge in [0, 0.05) is 18.7 Å². The van der Waals surface area contributed by atoms with Gasteiger partial charge >= 0.3 is 0 Å². The Labute approximate surface area is 101 Å². The summed E-state index contributed by atoms with van der Waals surface area (Å²) < 4.78 is 12.7. The highest BCUT2D eigenvalue weighted by Gasteiger charge is 2.18. The Bertz CT molecular complexity index is 338. The number of aliphatic hydroxyl groups is 2. The van der Waals surface area contributed by atoms with E-state index in [1.165, 1.54) is 12.1 Å². The Kier molecular flexibility index (Phi) is 5.05. The zero-order valence-electron chi connectivity index (χ0n) is 10.3. The van der Waals surface area contributed by atoms with Crippen molar-refractivity contribution in [1.82, 2.24) is 5.32 Å². The lowest BCUT2D eigenvalue weighted by molar-refractivity contribution is 0.151. The first-order chi connectivity index (χ1) is 7.94. The highest BCUT2D eigenvalue weighted by Crippen LogP contribution is 2.15. The summed E-state index contributed by atoms with van der Waals surface area (Å²) >= 11 is 0. The van der Waals surface area contributed by atoms with Crippen molar-refractivity contribution in [3.63, 3.8) is 0 Å². The molecule has 3 nitrogen and oxygen atoms in total. The zero-order valence-corrected chi connectivity index (χ0v) is 10.3. The van der Waals surface area contributed by atoms with Crippen molar-refractivity contribution < 1.29 is 14.6 Å². The Morgan fingerprint density at radius 1 is 1.29 bits per heavy atom. The van der Waals surface area contributed by atoms with Crippen molar-refractivity contribution in [3.8, 4) is 0 Å². The number of rotatable bonds is 6. The molecule has 0 saturated carbocycles.